The number of hydrogen-bond donors (Lipinski definition) is 1. The number of piperidine rings is 1. The molecule has 1 fully saturated rings. The van der Waals surface area contributed by atoms with Gasteiger partial charge in [0.15, 0.2) is 11.5 Å². The van der Waals surface area contributed by atoms with E-state index in [1.54, 1.807) is 0 Å². The zero-order valence-corrected chi connectivity index (χ0v) is 12.4. The predicted octanol–water partition coefficient (Wildman–Crippen LogP) is 2.17. The molecule has 0 aromatic heterocycles. The van der Waals surface area contributed by atoms with Crippen LogP contribution in [0.4, 0.5) is 0 Å². The van der Waals surface area contributed by atoms with Gasteiger partial charge in [-0.15, -0.1) is 0 Å². The molecule has 4 nitrogen and oxygen atoms in total. The third-order valence-corrected chi connectivity index (χ3v) is 3.82. The summed E-state index contributed by atoms with van der Waals surface area (Å²) in [4.78, 5) is 2.26. The van der Waals surface area contributed by atoms with Crippen LogP contribution in [0, 0.1) is 5.92 Å². The zero-order valence-electron chi connectivity index (χ0n) is 12.4. The molecule has 0 amide bonds. The number of ether oxygens (including phenoxy) is 2. The van der Waals surface area contributed by atoms with Crippen LogP contribution in [0.25, 0.3) is 0 Å². The van der Waals surface area contributed by atoms with Crippen molar-refractivity contribution in [1.29, 1.82) is 0 Å². The van der Waals surface area contributed by atoms with Gasteiger partial charge in [-0.2, -0.15) is 0 Å². The van der Waals surface area contributed by atoms with Gasteiger partial charge in [0.2, 0.25) is 0 Å². The van der Waals surface area contributed by atoms with E-state index >= 15 is 0 Å². The van der Waals surface area contributed by atoms with E-state index in [-0.39, 0.29) is 6.10 Å². The highest BCUT2D eigenvalue weighted by Gasteiger charge is 2.23. The second-order valence-corrected chi connectivity index (χ2v) is 5.36. The molecular weight excluding hydrogens is 254 g/mol. The van der Waals surface area contributed by atoms with E-state index in [0.717, 1.165) is 37.6 Å². The second-order valence-electron chi connectivity index (χ2n) is 5.36. The summed E-state index contributed by atoms with van der Waals surface area (Å²) in [6.07, 6.45) is 0.843. The minimum atomic E-state index is -0.209. The third-order valence-electron chi connectivity index (χ3n) is 3.82. The molecule has 1 saturated heterocycles. The summed E-state index contributed by atoms with van der Waals surface area (Å²) in [5, 5.41) is 9.88. The topological polar surface area (TPSA) is 41.9 Å². The first-order valence-electron chi connectivity index (χ1n) is 7.45. The number of likely N-dealkylation sites (tertiary alicyclic amines) is 1. The Bertz CT molecular complexity index is 410. The van der Waals surface area contributed by atoms with Gasteiger partial charge in [0, 0.05) is 13.1 Å². The van der Waals surface area contributed by atoms with Crippen LogP contribution < -0.4 is 9.47 Å². The molecule has 1 aromatic carbocycles. The number of β-amino-alcohol motifs (C(OH)–C–C–N with tert-alkyl or cyclic N) is 1. The van der Waals surface area contributed by atoms with Gasteiger partial charge < -0.3 is 14.6 Å². The lowest BCUT2D eigenvalue weighted by atomic mass is 9.96. The highest BCUT2D eigenvalue weighted by Crippen LogP contribution is 2.26. The van der Waals surface area contributed by atoms with Crippen molar-refractivity contribution in [2.24, 2.45) is 5.92 Å². The number of hydrogen-bond acceptors (Lipinski definition) is 4. The van der Waals surface area contributed by atoms with Crippen LogP contribution in [-0.4, -0.2) is 49.0 Å². The normalized spacial score (nSPS) is 23.6. The number of para-hydroxylation sites is 2. The van der Waals surface area contributed by atoms with Gasteiger partial charge in [-0.05, 0) is 37.9 Å². The molecule has 0 spiro atoms. The Balaban J connectivity index is 1.78. The molecule has 20 heavy (non-hydrogen) atoms. The summed E-state index contributed by atoms with van der Waals surface area (Å²) in [7, 11) is 0. The largest absolute Gasteiger partial charge is 0.490 e. The molecule has 0 bridgehead atoms. The van der Waals surface area contributed by atoms with Crippen LogP contribution in [0.2, 0.25) is 0 Å². The molecule has 4 heteroatoms. The Morgan fingerprint density at radius 1 is 1.25 bits per heavy atom. The van der Waals surface area contributed by atoms with Crippen molar-refractivity contribution in [3.8, 4) is 11.5 Å². The smallest absolute Gasteiger partial charge is 0.161 e. The fourth-order valence-corrected chi connectivity index (χ4v) is 2.45. The van der Waals surface area contributed by atoms with Crippen molar-refractivity contribution < 1.29 is 14.6 Å². The molecule has 2 rings (SSSR count). The predicted molar refractivity (Wildman–Crippen MR) is 79.3 cm³/mol. The molecule has 1 N–H and O–H groups in total. The number of aliphatic hydroxyl groups is 1. The average molecular weight is 279 g/mol. The molecule has 0 radical (unpaired) electrons. The van der Waals surface area contributed by atoms with Crippen LogP contribution in [0.5, 0.6) is 11.5 Å². The molecule has 2 atom stereocenters. The van der Waals surface area contributed by atoms with E-state index in [0.29, 0.717) is 19.1 Å². The standard InChI is InChI=1S/C16H25NO3/c1-3-19-15-6-4-5-7-16(15)20-11-10-17-9-8-13(2)14(18)12-17/h4-7,13-14,18H,3,8-12H2,1-2H3. The van der Waals surface area contributed by atoms with Crippen LogP contribution in [-0.2, 0) is 0 Å². The highest BCUT2D eigenvalue weighted by atomic mass is 16.5. The number of nitrogens with zero attached hydrogens (tertiary/aromatic N) is 1. The average Bonchev–Trinajstić information content (AvgIpc) is 2.45. The fraction of sp³-hybridized carbons (Fsp3) is 0.625. The summed E-state index contributed by atoms with van der Waals surface area (Å²) < 4.78 is 11.3. The Morgan fingerprint density at radius 2 is 1.95 bits per heavy atom. The minimum absolute atomic E-state index is 0.209. The molecule has 1 aromatic rings. The summed E-state index contributed by atoms with van der Waals surface area (Å²) in [6.45, 7) is 7.95. The summed E-state index contributed by atoms with van der Waals surface area (Å²) >= 11 is 0. The molecule has 1 aliphatic rings. The van der Waals surface area contributed by atoms with Crippen LogP contribution in [0.1, 0.15) is 20.3 Å². The second kappa shape index (κ2) is 7.50. The highest BCUT2D eigenvalue weighted by molar-refractivity contribution is 5.39. The SMILES string of the molecule is CCOc1ccccc1OCCN1CCC(C)C(O)C1. The van der Waals surface area contributed by atoms with Crippen molar-refractivity contribution in [3.63, 3.8) is 0 Å². The first-order valence-corrected chi connectivity index (χ1v) is 7.45. The van der Waals surface area contributed by atoms with Crippen LogP contribution in [0.15, 0.2) is 24.3 Å². The minimum Gasteiger partial charge on any atom is -0.490 e. The fourth-order valence-electron chi connectivity index (χ4n) is 2.45. The molecular formula is C16H25NO3. The van der Waals surface area contributed by atoms with Gasteiger partial charge >= 0.3 is 0 Å². The van der Waals surface area contributed by atoms with Crippen molar-refractivity contribution >= 4 is 0 Å². The molecule has 112 valence electrons. The van der Waals surface area contributed by atoms with Gasteiger partial charge in [0.25, 0.3) is 0 Å². The van der Waals surface area contributed by atoms with Gasteiger partial charge in [-0.1, -0.05) is 19.1 Å². The summed E-state index contributed by atoms with van der Waals surface area (Å²) in [5.41, 5.74) is 0. The molecule has 1 heterocycles. The lowest BCUT2D eigenvalue weighted by Gasteiger charge is -2.34. The van der Waals surface area contributed by atoms with E-state index in [9.17, 15) is 5.11 Å². The lowest BCUT2D eigenvalue weighted by Crippen LogP contribution is -2.44. The lowest BCUT2D eigenvalue weighted by molar-refractivity contribution is 0.0243. The number of aliphatic hydroxyl groups excluding tert-OH is 1. The summed E-state index contributed by atoms with van der Waals surface area (Å²) in [6, 6.07) is 7.74. The van der Waals surface area contributed by atoms with E-state index in [1.165, 1.54) is 0 Å². The molecule has 1 aliphatic heterocycles. The van der Waals surface area contributed by atoms with Crippen LogP contribution in [0.3, 0.4) is 0 Å². The number of benzene rings is 1. The van der Waals surface area contributed by atoms with Gasteiger partial charge in [-0.3, -0.25) is 4.90 Å². The van der Waals surface area contributed by atoms with Gasteiger partial charge in [-0.25, -0.2) is 0 Å². The first-order chi connectivity index (χ1) is 9.70. The Kier molecular flexibility index (Phi) is 5.68. The maximum Gasteiger partial charge on any atom is 0.161 e. The maximum atomic E-state index is 9.88. The maximum absolute atomic E-state index is 9.88. The Labute approximate surface area is 121 Å². The van der Waals surface area contributed by atoms with Crippen LogP contribution >= 0.6 is 0 Å². The van der Waals surface area contributed by atoms with E-state index in [1.807, 2.05) is 31.2 Å². The first kappa shape index (κ1) is 15.1. The van der Waals surface area contributed by atoms with Crippen molar-refractivity contribution in [2.45, 2.75) is 26.4 Å². The summed E-state index contributed by atoms with van der Waals surface area (Å²) in [5.74, 6) is 1.99. The zero-order chi connectivity index (χ0) is 14.4. The van der Waals surface area contributed by atoms with Gasteiger partial charge in [0.05, 0.1) is 12.7 Å². The van der Waals surface area contributed by atoms with Crippen molar-refractivity contribution in [1.82, 2.24) is 4.90 Å². The van der Waals surface area contributed by atoms with Crippen molar-refractivity contribution in [3.05, 3.63) is 24.3 Å². The Morgan fingerprint density at radius 3 is 2.60 bits per heavy atom. The Hall–Kier alpha value is -1.26. The third kappa shape index (κ3) is 4.12. The molecule has 2 unspecified atom stereocenters. The van der Waals surface area contributed by atoms with Crippen molar-refractivity contribution in [2.75, 3.05) is 32.8 Å². The van der Waals surface area contributed by atoms with E-state index in [4.69, 9.17) is 9.47 Å². The number of rotatable bonds is 6. The van der Waals surface area contributed by atoms with E-state index in [2.05, 4.69) is 11.8 Å². The monoisotopic (exact) mass is 279 g/mol. The van der Waals surface area contributed by atoms with E-state index < -0.39 is 0 Å². The molecule has 0 aliphatic carbocycles. The molecule has 0 saturated carbocycles. The quantitative estimate of drug-likeness (QED) is 0.866. The van der Waals surface area contributed by atoms with Gasteiger partial charge in [0.1, 0.15) is 6.61 Å².